The van der Waals surface area contributed by atoms with Gasteiger partial charge in [0.05, 0.1) is 4.90 Å². The van der Waals surface area contributed by atoms with Crippen LogP contribution in [0.5, 0.6) is 0 Å². The topological polar surface area (TPSA) is 57.2 Å². The molecule has 0 fully saturated rings. The molecule has 12 heavy (non-hydrogen) atoms. The maximum absolute atomic E-state index is 12.5. The Morgan fingerprint density at radius 3 is 2.08 bits per heavy atom. The molecule has 0 aromatic heterocycles. The van der Waals surface area contributed by atoms with E-state index in [1.54, 1.807) is 0 Å². The van der Waals surface area contributed by atoms with Gasteiger partial charge in [0.2, 0.25) is 0 Å². The molecule has 0 saturated carbocycles. The van der Waals surface area contributed by atoms with Gasteiger partial charge in [-0.15, -0.1) is 0 Å². The molecule has 3 nitrogen and oxygen atoms in total. The van der Waals surface area contributed by atoms with E-state index in [-0.39, 0.29) is 51.4 Å². The van der Waals surface area contributed by atoms with Gasteiger partial charge in [-0.1, -0.05) is 12.1 Å². The van der Waals surface area contributed by atoms with Crippen LogP contribution < -0.4 is 51.4 Å². The standard InChI is InChI=1S/C6H5FO3S.K/c7-5-3-1-2-4-6(5)11(8,9)10;/h1-4H,(H,8,9,10);/q;+1/p-1. The van der Waals surface area contributed by atoms with E-state index in [4.69, 9.17) is 0 Å². The molecular weight excluding hydrogens is 210 g/mol. The number of rotatable bonds is 1. The van der Waals surface area contributed by atoms with Crippen LogP contribution in [0.2, 0.25) is 0 Å². The molecule has 1 aromatic rings. The first kappa shape index (κ1) is 12.7. The van der Waals surface area contributed by atoms with Crippen LogP contribution in [-0.4, -0.2) is 13.0 Å². The van der Waals surface area contributed by atoms with Gasteiger partial charge in [0, 0.05) is 0 Å². The summed E-state index contributed by atoms with van der Waals surface area (Å²) in [5.41, 5.74) is 0. The smallest absolute Gasteiger partial charge is 0.744 e. The largest absolute Gasteiger partial charge is 1.00 e. The molecule has 60 valence electrons. The molecule has 0 radical (unpaired) electrons. The van der Waals surface area contributed by atoms with Crippen LogP contribution in [0.1, 0.15) is 0 Å². The Kier molecular flexibility index (Phi) is 5.08. The van der Waals surface area contributed by atoms with E-state index in [2.05, 4.69) is 0 Å². The number of hydrogen-bond donors (Lipinski definition) is 0. The summed E-state index contributed by atoms with van der Waals surface area (Å²) in [7, 11) is -4.66. The Balaban J connectivity index is 0.00000121. The predicted octanol–water partition coefficient (Wildman–Crippen LogP) is -2.27. The van der Waals surface area contributed by atoms with Crippen molar-refractivity contribution >= 4 is 10.1 Å². The van der Waals surface area contributed by atoms with Crippen molar-refractivity contribution in [1.82, 2.24) is 0 Å². The van der Waals surface area contributed by atoms with Crippen molar-refractivity contribution < 1.29 is 68.7 Å². The summed E-state index contributed by atoms with van der Waals surface area (Å²) in [6.07, 6.45) is 0. The van der Waals surface area contributed by atoms with Crippen molar-refractivity contribution in [2.75, 3.05) is 0 Å². The molecule has 0 bridgehead atoms. The normalized spacial score (nSPS) is 10.5. The van der Waals surface area contributed by atoms with E-state index < -0.39 is 20.8 Å². The zero-order valence-corrected chi connectivity index (χ0v) is 10.3. The van der Waals surface area contributed by atoms with E-state index in [1.807, 2.05) is 0 Å². The Morgan fingerprint density at radius 2 is 1.75 bits per heavy atom. The average Bonchev–Trinajstić information content (AvgIpc) is 1.86. The van der Waals surface area contributed by atoms with E-state index in [0.29, 0.717) is 0 Å². The molecule has 0 atom stereocenters. The Morgan fingerprint density at radius 1 is 1.25 bits per heavy atom. The fourth-order valence-electron chi connectivity index (χ4n) is 0.647. The zero-order valence-electron chi connectivity index (χ0n) is 6.32. The van der Waals surface area contributed by atoms with Gasteiger partial charge in [0.25, 0.3) is 0 Å². The quantitative estimate of drug-likeness (QED) is 0.391. The molecule has 0 N–H and O–H groups in total. The summed E-state index contributed by atoms with van der Waals surface area (Å²) in [6.45, 7) is 0. The fraction of sp³-hybridized carbons (Fsp3) is 0. The van der Waals surface area contributed by atoms with Crippen LogP contribution >= 0.6 is 0 Å². The first-order valence-corrected chi connectivity index (χ1v) is 4.13. The minimum atomic E-state index is -4.66. The minimum absolute atomic E-state index is 0. The van der Waals surface area contributed by atoms with Gasteiger partial charge in [-0.2, -0.15) is 0 Å². The number of halogens is 1. The third-order valence-electron chi connectivity index (χ3n) is 1.11. The van der Waals surface area contributed by atoms with E-state index in [9.17, 15) is 17.4 Å². The fourth-order valence-corrected chi connectivity index (χ4v) is 1.20. The third kappa shape index (κ3) is 3.21. The molecule has 0 aliphatic rings. The van der Waals surface area contributed by atoms with Gasteiger partial charge in [0.15, 0.2) is 0 Å². The number of benzene rings is 1. The second-order valence-electron chi connectivity index (χ2n) is 1.88. The zero-order chi connectivity index (χ0) is 8.48. The molecule has 0 saturated heterocycles. The van der Waals surface area contributed by atoms with Crippen molar-refractivity contribution in [3.63, 3.8) is 0 Å². The first-order chi connectivity index (χ1) is 5.02. The molecule has 0 aliphatic heterocycles. The third-order valence-corrected chi connectivity index (χ3v) is 1.98. The van der Waals surface area contributed by atoms with Gasteiger partial charge < -0.3 is 4.55 Å². The van der Waals surface area contributed by atoms with E-state index >= 15 is 0 Å². The second-order valence-corrected chi connectivity index (χ2v) is 3.23. The minimum Gasteiger partial charge on any atom is -0.744 e. The van der Waals surface area contributed by atoms with Gasteiger partial charge in [-0.25, -0.2) is 12.8 Å². The maximum Gasteiger partial charge on any atom is 1.00 e. The monoisotopic (exact) mass is 214 g/mol. The van der Waals surface area contributed by atoms with Crippen LogP contribution in [0.4, 0.5) is 4.39 Å². The molecule has 1 aromatic carbocycles. The van der Waals surface area contributed by atoms with Gasteiger partial charge in [-0.3, -0.25) is 0 Å². The van der Waals surface area contributed by atoms with Crippen molar-refractivity contribution in [3.8, 4) is 0 Å². The van der Waals surface area contributed by atoms with Crippen LogP contribution in [0.3, 0.4) is 0 Å². The summed E-state index contributed by atoms with van der Waals surface area (Å²) in [5, 5.41) is 0. The van der Waals surface area contributed by atoms with Crippen molar-refractivity contribution in [3.05, 3.63) is 30.1 Å². The summed E-state index contributed by atoms with van der Waals surface area (Å²) in [4.78, 5) is -0.806. The Labute approximate surface area is 112 Å². The predicted molar refractivity (Wildman–Crippen MR) is 34.4 cm³/mol. The van der Waals surface area contributed by atoms with Gasteiger partial charge in [-0.05, 0) is 12.1 Å². The van der Waals surface area contributed by atoms with E-state index in [1.165, 1.54) is 12.1 Å². The van der Waals surface area contributed by atoms with Crippen molar-refractivity contribution in [2.24, 2.45) is 0 Å². The molecule has 0 unspecified atom stereocenters. The van der Waals surface area contributed by atoms with Crippen molar-refractivity contribution in [1.29, 1.82) is 0 Å². The summed E-state index contributed by atoms with van der Waals surface area (Å²) in [5.74, 6) is -1.01. The van der Waals surface area contributed by atoms with E-state index in [0.717, 1.165) is 12.1 Å². The summed E-state index contributed by atoms with van der Waals surface area (Å²) < 4.78 is 43.3. The van der Waals surface area contributed by atoms with Gasteiger partial charge >= 0.3 is 51.4 Å². The molecule has 1 rings (SSSR count). The Hall–Kier alpha value is 0.696. The molecule has 6 heteroatoms. The van der Waals surface area contributed by atoms with Crippen LogP contribution in [-0.2, 0) is 10.1 Å². The molecule has 0 spiro atoms. The number of hydrogen-bond acceptors (Lipinski definition) is 3. The molecule has 0 aliphatic carbocycles. The van der Waals surface area contributed by atoms with Crippen molar-refractivity contribution in [2.45, 2.75) is 4.90 Å². The molecule has 0 amide bonds. The van der Waals surface area contributed by atoms with Crippen LogP contribution in [0, 0.1) is 5.82 Å². The van der Waals surface area contributed by atoms with Crippen LogP contribution in [0.15, 0.2) is 29.2 Å². The van der Waals surface area contributed by atoms with Gasteiger partial charge in [0.1, 0.15) is 15.9 Å². The molecule has 0 heterocycles. The summed E-state index contributed by atoms with van der Waals surface area (Å²) >= 11 is 0. The first-order valence-electron chi connectivity index (χ1n) is 2.72. The Bertz CT molecular complexity index is 363. The second kappa shape index (κ2) is 4.80. The average molecular weight is 214 g/mol. The summed E-state index contributed by atoms with van der Waals surface area (Å²) in [6, 6.07) is 4.44. The maximum atomic E-state index is 12.5. The van der Waals surface area contributed by atoms with Crippen LogP contribution in [0.25, 0.3) is 0 Å². The SMILES string of the molecule is O=S(=O)([O-])c1ccccc1F.[K+]. The molecular formula is C6H4FKO3S.